The molecule has 1 aromatic heterocycles. The molecule has 6 nitrogen and oxygen atoms in total. The number of carbonyl (C=O) groups excluding carboxylic acids is 1. The van der Waals surface area contributed by atoms with Gasteiger partial charge in [-0.1, -0.05) is 0 Å². The molecule has 19 heavy (non-hydrogen) atoms. The molecule has 0 spiro atoms. The molecule has 8 heteroatoms. The summed E-state index contributed by atoms with van der Waals surface area (Å²) in [7, 11) is 0. The fourth-order valence-corrected chi connectivity index (χ4v) is 1.81. The number of hydrogen-bond donors (Lipinski definition) is 3. The lowest BCUT2D eigenvalue weighted by atomic mass is 10.2. The predicted molar refractivity (Wildman–Crippen MR) is 68.1 cm³/mol. The van der Waals surface area contributed by atoms with Crippen LogP contribution in [0.25, 0.3) is 0 Å². The smallest absolute Gasteiger partial charge is 0.335 e. The highest BCUT2D eigenvalue weighted by Gasteiger charge is 2.11. The quantitative estimate of drug-likeness (QED) is 0.806. The van der Waals surface area contributed by atoms with Crippen LogP contribution >= 0.6 is 11.3 Å². The van der Waals surface area contributed by atoms with Crippen molar-refractivity contribution in [1.29, 1.82) is 0 Å². The summed E-state index contributed by atoms with van der Waals surface area (Å²) in [6.45, 7) is 0. The number of hydrogen-bond acceptors (Lipinski definition) is 4. The molecule has 0 atom stereocenters. The zero-order valence-corrected chi connectivity index (χ0v) is 10.2. The number of thiazole rings is 1. The summed E-state index contributed by atoms with van der Waals surface area (Å²) in [5.41, 5.74) is -0.333. The van der Waals surface area contributed by atoms with Gasteiger partial charge in [0.05, 0.1) is 11.3 Å². The SMILES string of the molecule is O=C(Nc1nccs1)Nc1cc(C(=O)O)ccc1F. The normalized spacial score (nSPS) is 9.95. The minimum Gasteiger partial charge on any atom is -0.478 e. The number of nitrogens with zero attached hydrogens (tertiary/aromatic N) is 1. The van der Waals surface area contributed by atoms with Crippen molar-refractivity contribution in [2.24, 2.45) is 0 Å². The van der Waals surface area contributed by atoms with Gasteiger partial charge in [0.2, 0.25) is 0 Å². The Balaban J connectivity index is 2.11. The van der Waals surface area contributed by atoms with E-state index in [9.17, 15) is 14.0 Å². The van der Waals surface area contributed by atoms with Crippen molar-refractivity contribution in [3.05, 3.63) is 41.2 Å². The number of nitrogens with one attached hydrogen (secondary N) is 2. The summed E-state index contributed by atoms with van der Waals surface area (Å²) in [4.78, 5) is 26.1. The number of carbonyl (C=O) groups is 2. The second-order valence-electron chi connectivity index (χ2n) is 3.42. The van der Waals surface area contributed by atoms with Gasteiger partial charge < -0.3 is 10.4 Å². The molecular weight excluding hydrogens is 273 g/mol. The Morgan fingerprint density at radius 2 is 2.11 bits per heavy atom. The molecule has 2 amide bonds. The molecule has 0 saturated heterocycles. The van der Waals surface area contributed by atoms with Gasteiger partial charge in [-0.05, 0) is 18.2 Å². The summed E-state index contributed by atoms with van der Waals surface area (Å²) in [5, 5.41) is 15.4. The summed E-state index contributed by atoms with van der Waals surface area (Å²) in [6.07, 6.45) is 1.51. The van der Waals surface area contributed by atoms with Gasteiger partial charge in [0.15, 0.2) is 5.13 Å². The maximum atomic E-state index is 13.4. The monoisotopic (exact) mass is 281 g/mol. The van der Waals surface area contributed by atoms with Gasteiger partial charge in [0.25, 0.3) is 0 Å². The Morgan fingerprint density at radius 1 is 1.32 bits per heavy atom. The average Bonchev–Trinajstić information content (AvgIpc) is 2.84. The van der Waals surface area contributed by atoms with E-state index in [0.29, 0.717) is 5.13 Å². The number of carboxylic acids is 1. The summed E-state index contributed by atoms with van der Waals surface area (Å²) < 4.78 is 13.4. The molecule has 0 aliphatic heterocycles. The minimum atomic E-state index is -1.21. The molecule has 0 radical (unpaired) electrons. The van der Waals surface area contributed by atoms with E-state index in [-0.39, 0.29) is 11.3 Å². The zero-order valence-electron chi connectivity index (χ0n) is 9.38. The lowest BCUT2D eigenvalue weighted by Crippen LogP contribution is -2.20. The minimum absolute atomic E-state index is 0.119. The molecule has 1 aromatic carbocycles. The highest BCUT2D eigenvalue weighted by Crippen LogP contribution is 2.17. The van der Waals surface area contributed by atoms with Crippen molar-refractivity contribution < 1.29 is 19.1 Å². The Kier molecular flexibility index (Phi) is 3.71. The van der Waals surface area contributed by atoms with E-state index < -0.39 is 17.8 Å². The number of carboxylic acid groups (broad SMARTS) is 1. The Labute approximate surface area is 110 Å². The van der Waals surface area contributed by atoms with E-state index in [4.69, 9.17) is 5.11 Å². The number of anilines is 2. The molecule has 0 fully saturated rings. The van der Waals surface area contributed by atoms with Gasteiger partial charge in [-0.15, -0.1) is 11.3 Å². The van der Waals surface area contributed by atoms with Crippen molar-refractivity contribution in [2.75, 3.05) is 10.6 Å². The fraction of sp³-hybridized carbons (Fsp3) is 0. The van der Waals surface area contributed by atoms with E-state index >= 15 is 0 Å². The second-order valence-corrected chi connectivity index (χ2v) is 4.31. The van der Waals surface area contributed by atoms with Gasteiger partial charge in [-0.3, -0.25) is 5.32 Å². The van der Waals surface area contributed by atoms with E-state index in [1.807, 2.05) is 0 Å². The van der Waals surface area contributed by atoms with E-state index in [0.717, 1.165) is 18.2 Å². The van der Waals surface area contributed by atoms with E-state index in [1.165, 1.54) is 17.5 Å². The van der Waals surface area contributed by atoms with E-state index in [2.05, 4.69) is 15.6 Å². The van der Waals surface area contributed by atoms with Crippen LogP contribution in [-0.4, -0.2) is 22.1 Å². The molecule has 0 aliphatic carbocycles. The van der Waals surface area contributed by atoms with Crippen LogP contribution in [0.2, 0.25) is 0 Å². The highest BCUT2D eigenvalue weighted by atomic mass is 32.1. The fourth-order valence-electron chi connectivity index (χ4n) is 1.29. The Morgan fingerprint density at radius 3 is 2.74 bits per heavy atom. The van der Waals surface area contributed by atoms with E-state index in [1.54, 1.807) is 5.38 Å². The standard InChI is InChI=1S/C11H8FN3O3S/c12-7-2-1-6(9(16)17)5-8(7)14-10(18)15-11-13-3-4-19-11/h1-5H,(H,16,17)(H2,13,14,15,18). The first-order valence-corrected chi connectivity index (χ1v) is 5.94. The van der Waals surface area contributed by atoms with Crippen molar-refractivity contribution in [3.8, 4) is 0 Å². The number of rotatable bonds is 3. The first kappa shape index (κ1) is 13.0. The molecule has 1 heterocycles. The van der Waals surface area contributed by atoms with Gasteiger partial charge in [-0.25, -0.2) is 19.0 Å². The van der Waals surface area contributed by atoms with Crippen LogP contribution in [0, 0.1) is 5.82 Å². The number of urea groups is 1. The van der Waals surface area contributed by atoms with Crippen molar-refractivity contribution in [3.63, 3.8) is 0 Å². The van der Waals surface area contributed by atoms with Gasteiger partial charge in [0.1, 0.15) is 5.82 Å². The Hall–Kier alpha value is -2.48. The lowest BCUT2D eigenvalue weighted by molar-refractivity contribution is 0.0697. The van der Waals surface area contributed by atoms with Crippen LogP contribution in [-0.2, 0) is 0 Å². The van der Waals surface area contributed by atoms with Crippen molar-refractivity contribution in [1.82, 2.24) is 4.98 Å². The maximum absolute atomic E-state index is 13.4. The summed E-state index contributed by atoms with van der Waals surface area (Å²) in [6, 6.07) is 2.43. The van der Waals surface area contributed by atoms with Crippen molar-refractivity contribution in [2.45, 2.75) is 0 Å². The number of aromatic carboxylic acids is 1. The maximum Gasteiger partial charge on any atom is 0.335 e. The third-order valence-electron chi connectivity index (χ3n) is 2.11. The number of halogens is 1. The Bertz CT molecular complexity index is 616. The summed E-state index contributed by atoms with van der Waals surface area (Å²) in [5.74, 6) is -1.93. The second kappa shape index (κ2) is 5.44. The zero-order chi connectivity index (χ0) is 13.8. The average molecular weight is 281 g/mol. The van der Waals surface area contributed by atoms with Crippen LogP contribution in [0.1, 0.15) is 10.4 Å². The molecule has 3 N–H and O–H groups in total. The van der Waals surface area contributed by atoms with Crippen LogP contribution in [0.3, 0.4) is 0 Å². The van der Waals surface area contributed by atoms with Crippen LogP contribution in [0.15, 0.2) is 29.8 Å². The third-order valence-corrected chi connectivity index (χ3v) is 2.80. The lowest BCUT2D eigenvalue weighted by Gasteiger charge is -2.07. The highest BCUT2D eigenvalue weighted by molar-refractivity contribution is 7.13. The molecular formula is C11H8FN3O3S. The molecule has 2 rings (SSSR count). The van der Waals surface area contributed by atoms with Crippen LogP contribution < -0.4 is 10.6 Å². The number of aromatic nitrogens is 1. The molecule has 0 bridgehead atoms. The van der Waals surface area contributed by atoms with Gasteiger partial charge in [0, 0.05) is 11.6 Å². The third kappa shape index (κ3) is 3.26. The summed E-state index contributed by atoms with van der Waals surface area (Å²) >= 11 is 1.20. The van der Waals surface area contributed by atoms with Gasteiger partial charge >= 0.3 is 12.0 Å². The molecule has 0 saturated carbocycles. The number of benzene rings is 1. The largest absolute Gasteiger partial charge is 0.478 e. The van der Waals surface area contributed by atoms with Crippen LogP contribution in [0.5, 0.6) is 0 Å². The molecule has 98 valence electrons. The first-order valence-electron chi connectivity index (χ1n) is 5.06. The topological polar surface area (TPSA) is 91.3 Å². The molecule has 0 aliphatic rings. The van der Waals surface area contributed by atoms with Crippen molar-refractivity contribution >= 4 is 34.2 Å². The number of amides is 2. The molecule has 0 unspecified atom stereocenters. The first-order chi connectivity index (χ1) is 9.06. The van der Waals surface area contributed by atoms with Crippen LogP contribution in [0.4, 0.5) is 20.0 Å². The molecule has 2 aromatic rings. The van der Waals surface area contributed by atoms with Gasteiger partial charge in [-0.2, -0.15) is 0 Å². The predicted octanol–water partition coefficient (Wildman–Crippen LogP) is 2.62.